The third kappa shape index (κ3) is 2.51. The molecule has 2 aromatic carbocycles. The lowest BCUT2D eigenvalue weighted by molar-refractivity contribution is 0.416. The first-order valence-electron chi connectivity index (χ1n) is 9.01. The van der Waals surface area contributed by atoms with E-state index in [1.807, 2.05) is 4.57 Å². The molecule has 1 aliphatic rings. The summed E-state index contributed by atoms with van der Waals surface area (Å²) < 4.78 is 25.4. The molecule has 0 spiro atoms. The van der Waals surface area contributed by atoms with Crippen molar-refractivity contribution >= 4 is 32.7 Å². The predicted molar refractivity (Wildman–Crippen MR) is 109 cm³/mol. The van der Waals surface area contributed by atoms with Crippen LogP contribution in [-0.4, -0.2) is 16.1 Å². The summed E-state index contributed by atoms with van der Waals surface area (Å²) in [6.45, 7) is 0. The normalized spacial score (nSPS) is 13.7. The molecule has 0 amide bonds. The highest BCUT2D eigenvalue weighted by atomic mass is 32.1. The average Bonchev–Trinajstić information content (AvgIpc) is 3.49. The highest BCUT2D eigenvalue weighted by Gasteiger charge is 2.31. The second-order valence-corrected chi connectivity index (χ2v) is 7.79. The third-order valence-electron chi connectivity index (χ3n) is 5.22. The fraction of sp³-hybridized carbons (Fsp3) is 0.190. The summed E-state index contributed by atoms with van der Waals surface area (Å²) in [5, 5.41) is 9.37. The second kappa shape index (κ2) is 6.29. The van der Waals surface area contributed by atoms with E-state index in [9.17, 15) is 14.9 Å². The minimum atomic E-state index is -0.644. The number of H-pyrrole nitrogens is 1. The molecule has 4 aromatic rings. The fourth-order valence-electron chi connectivity index (χ4n) is 3.82. The number of hydrogen-bond donors (Lipinski definition) is 1. The van der Waals surface area contributed by atoms with Gasteiger partial charge in [-0.3, -0.25) is 14.0 Å². The van der Waals surface area contributed by atoms with Crippen LogP contribution in [0.5, 0.6) is 5.75 Å². The molecule has 1 saturated carbocycles. The van der Waals surface area contributed by atoms with Crippen LogP contribution in [0.1, 0.15) is 24.4 Å². The Kier molecular flexibility index (Phi) is 3.83. The Hall–Kier alpha value is -3.44. The number of hydrogen-bond acceptors (Lipinski definition) is 5. The largest absolute Gasteiger partial charge is 0.494 e. The summed E-state index contributed by atoms with van der Waals surface area (Å²) in [6, 6.07) is 9.92. The van der Waals surface area contributed by atoms with E-state index in [-0.39, 0.29) is 28.1 Å². The quantitative estimate of drug-likeness (QED) is 0.557. The molecular formula is C21H14FN3O3S. The summed E-state index contributed by atoms with van der Waals surface area (Å²) in [5.41, 5.74) is 0.565. The lowest BCUT2D eigenvalue weighted by atomic mass is 9.99. The minimum absolute atomic E-state index is 0.0510. The van der Waals surface area contributed by atoms with Gasteiger partial charge in [0.15, 0.2) is 5.75 Å². The van der Waals surface area contributed by atoms with Crippen LogP contribution >= 0.6 is 11.5 Å². The van der Waals surface area contributed by atoms with Crippen molar-refractivity contribution in [3.63, 3.8) is 0 Å². The van der Waals surface area contributed by atoms with Crippen LogP contribution < -0.4 is 15.7 Å². The lowest BCUT2D eigenvalue weighted by Crippen LogP contribution is -2.16. The number of ether oxygens (including phenoxy) is 1. The number of aromatic nitrogens is 2. The van der Waals surface area contributed by atoms with Crippen molar-refractivity contribution in [1.82, 2.24) is 8.94 Å². The van der Waals surface area contributed by atoms with E-state index >= 15 is 4.39 Å². The molecule has 6 nitrogen and oxygen atoms in total. The Bertz CT molecular complexity index is 1470. The zero-order chi connectivity index (χ0) is 20.3. The summed E-state index contributed by atoms with van der Waals surface area (Å²) in [4.78, 5) is 25.8. The molecule has 8 heteroatoms. The Morgan fingerprint density at radius 2 is 2.10 bits per heavy atom. The van der Waals surface area contributed by atoms with E-state index in [4.69, 9.17) is 4.74 Å². The van der Waals surface area contributed by atoms with E-state index in [0.29, 0.717) is 21.5 Å². The molecule has 0 unspecified atom stereocenters. The van der Waals surface area contributed by atoms with Crippen LogP contribution in [-0.2, 0) is 0 Å². The lowest BCUT2D eigenvalue weighted by Gasteiger charge is -2.18. The number of fused-ring (bicyclic) bond motifs is 2. The topological polar surface area (TPSA) is 87.9 Å². The highest BCUT2D eigenvalue weighted by molar-refractivity contribution is 7.12. The van der Waals surface area contributed by atoms with Crippen LogP contribution in [0.4, 0.5) is 4.39 Å². The van der Waals surface area contributed by atoms with Gasteiger partial charge in [0.1, 0.15) is 16.0 Å². The van der Waals surface area contributed by atoms with Gasteiger partial charge in [-0.25, -0.2) is 4.39 Å². The van der Waals surface area contributed by atoms with Gasteiger partial charge >= 0.3 is 0 Å². The maximum atomic E-state index is 15.2. The van der Waals surface area contributed by atoms with Crippen molar-refractivity contribution in [2.24, 2.45) is 0 Å². The molecule has 0 atom stereocenters. The van der Waals surface area contributed by atoms with Gasteiger partial charge in [-0.1, -0.05) is 12.1 Å². The number of halogens is 1. The minimum Gasteiger partial charge on any atom is -0.494 e. The highest BCUT2D eigenvalue weighted by Crippen LogP contribution is 2.45. The van der Waals surface area contributed by atoms with Crippen molar-refractivity contribution in [2.45, 2.75) is 18.9 Å². The van der Waals surface area contributed by atoms with Gasteiger partial charge in [0, 0.05) is 6.04 Å². The SMILES string of the molecule is COc1c(-c2cccc(C#N)c2)c(F)cc2c(=O)c3c(=O)[nH]sc3n(C3CC3)c12. The zero-order valence-corrected chi connectivity index (χ0v) is 16.1. The van der Waals surface area contributed by atoms with E-state index in [0.717, 1.165) is 24.4 Å². The molecule has 29 heavy (non-hydrogen) atoms. The number of methoxy groups -OCH3 is 1. The van der Waals surface area contributed by atoms with Gasteiger partial charge in [-0.15, -0.1) is 0 Å². The Morgan fingerprint density at radius 3 is 2.79 bits per heavy atom. The molecule has 144 valence electrons. The molecule has 2 aromatic heterocycles. The molecule has 1 N–H and O–H groups in total. The van der Waals surface area contributed by atoms with Crippen LogP contribution in [0.2, 0.25) is 0 Å². The number of nitriles is 1. The summed E-state index contributed by atoms with van der Waals surface area (Å²) in [5.74, 6) is -0.420. The van der Waals surface area contributed by atoms with Crippen LogP contribution in [0, 0.1) is 17.1 Å². The van der Waals surface area contributed by atoms with E-state index in [2.05, 4.69) is 10.4 Å². The van der Waals surface area contributed by atoms with E-state index in [1.165, 1.54) is 13.2 Å². The molecule has 0 radical (unpaired) electrons. The number of aromatic amines is 1. The summed E-state index contributed by atoms with van der Waals surface area (Å²) in [6.07, 6.45) is 1.80. The number of pyridine rings is 1. The Morgan fingerprint density at radius 1 is 1.31 bits per heavy atom. The summed E-state index contributed by atoms with van der Waals surface area (Å²) >= 11 is 1.10. The molecule has 5 rings (SSSR count). The number of rotatable bonds is 3. The van der Waals surface area contributed by atoms with Gasteiger partial charge in [0.25, 0.3) is 5.56 Å². The molecule has 1 aliphatic carbocycles. The van der Waals surface area contributed by atoms with E-state index in [1.54, 1.807) is 24.3 Å². The first-order chi connectivity index (χ1) is 14.0. The molecule has 1 fully saturated rings. The fourth-order valence-corrected chi connectivity index (χ4v) is 4.74. The molecular weight excluding hydrogens is 393 g/mol. The van der Waals surface area contributed by atoms with Gasteiger partial charge < -0.3 is 9.30 Å². The number of nitrogens with zero attached hydrogens (tertiary/aromatic N) is 2. The maximum Gasteiger partial charge on any atom is 0.271 e. The number of nitrogens with one attached hydrogen (secondary N) is 1. The predicted octanol–water partition coefficient (Wildman–Crippen LogP) is 3.93. The Labute approximate surface area is 167 Å². The van der Waals surface area contributed by atoms with Gasteiger partial charge in [0.2, 0.25) is 5.43 Å². The van der Waals surface area contributed by atoms with Crippen LogP contribution in [0.15, 0.2) is 39.9 Å². The molecule has 0 aliphatic heterocycles. The number of benzene rings is 2. The monoisotopic (exact) mass is 407 g/mol. The van der Waals surface area contributed by atoms with Crippen LogP contribution in [0.25, 0.3) is 32.2 Å². The van der Waals surface area contributed by atoms with Gasteiger partial charge in [0.05, 0.1) is 35.2 Å². The zero-order valence-electron chi connectivity index (χ0n) is 15.3. The third-order valence-corrected chi connectivity index (χ3v) is 6.10. The first-order valence-corrected chi connectivity index (χ1v) is 9.83. The summed E-state index contributed by atoms with van der Waals surface area (Å²) in [7, 11) is 1.43. The molecule has 2 heterocycles. The van der Waals surface area contributed by atoms with Crippen molar-refractivity contribution in [2.75, 3.05) is 7.11 Å². The first kappa shape index (κ1) is 17.6. The van der Waals surface area contributed by atoms with Crippen molar-refractivity contribution in [1.29, 1.82) is 5.26 Å². The average molecular weight is 407 g/mol. The standard InChI is InChI=1S/C21H14FN3O3S/c1-28-19-15(11-4-2-3-10(7-11)9-23)14(22)8-13-17(19)25(12-5-6-12)21-16(18(13)26)20(27)24-29-21/h2-4,7-8,12H,5-6H2,1H3,(H,24,27). The van der Waals surface area contributed by atoms with Crippen LogP contribution in [0.3, 0.4) is 0 Å². The van der Waals surface area contributed by atoms with Crippen molar-refractivity contribution in [3.8, 4) is 22.9 Å². The van der Waals surface area contributed by atoms with Crippen molar-refractivity contribution in [3.05, 3.63) is 62.3 Å². The smallest absolute Gasteiger partial charge is 0.271 e. The maximum absolute atomic E-state index is 15.2. The second-order valence-electron chi connectivity index (χ2n) is 7.00. The molecule has 0 saturated heterocycles. The van der Waals surface area contributed by atoms with Crippen molar-refractivity contribution < 1.29 is 9.13 Å². The van der Waals surface area contributed by atoms with Gasteiger partial charge in [-0.2, -0.15) is 5.26 Å². The van der Waals surface area contributed by atoms with E-state index < -0.39 is 16.8 Å². The Balaban J connectivity index is 2.00. The molecule has 0 bridgehead atoms. The van der Waals surface area contributed by atoms with Gasteiger partial charge in [-0.05, 0) is 48.1 Å².